The molecule has 0 aromatic heterocycles. The minimum absolute atomic E-state index is 0.376. The molecule has 0 heterocycles. The van der Waals surface area contributed by atoms with Crippen LogP contribution in [0.1, 0.15) is 25.0 Å². The van der Waals surface area contributed by atoms with Crippen LogP contribution in [0.25, 0.3) is 0 Å². The van der Waals surface area contributed by atoms with Crippen molar-refractivity contribution in [1.29, 1.82) is 0 Å². The van der Waals surface area contributed by atoms with Crippen molar-refractivity contribution in [3.63, 3.8) is 0 Å². The van der Waals surface area contributed by atoms with Crippen LogP contribution in [-0.2, 0) is 12.8 Å². The lowest BCUT2D eigenvalue weighted by Crippen LogP contribution is -2.47. The van der Waals surface area contributed by atoms with Crippen molar-refractivity contribution >= 4 is 0 Å². The second-order valence-corrected chi connectivity index (χ2v) is 6.28. The molecule has 0 saturated carbocycles. The molecule has 0 amide bonds. The van der Waals surface area contributed by atoms with Crippen molar-refractivity contribution in [3.8, 4) is 0 Å². The molecule has 0 radical (unpaired) electrons. The normalized spacial score (nSPS) is 12.1. The number of rotatable bonds is 6. The molecule has 0 aliphatic heterocycles. The van der Waals surface area contributed by atoms with Gasteiger partial charge in [-0.15, -0.1) is 6.58 Å². The summed E-state index contributed by atoms with van der Waals surface area (Å²) in [5, 5.41) is 11.4. The molecule has 0 fully saturated rings. The van der Waals surface area contributed by atoms with Gasteiger partial charge in [-0.2, -0.15) is 0 Å². The average molecular weight is 280 g/mol. The Hall–Kier alpha value is -1.86. The molecular formula is C20H24O. The number of hydrogen-bond donors (Lipinski definition) is 1. The van der Waals surface area contributed by atoms with Gasteiger partial charge < -0.3 is 5.11 Å². The summed E-state index contributed by atoms with van der Waals surface area (Å²) >= 11 is 0. The predicted octanol–water partition coefficient (Wildman–Crippen LogP) is 4.42. The van der Waals surface area contributed by atoms with E-state index in [2.05, 4.69) is 30.8 Å². The molecule has 0 aliphatic rings. The van der Waals surface area contributed by atoms with E-state index in [1.165, 1.54) is 0 Å². The molecule has 0 atom stereocenters. The van der Waals surface area contributed by atoms with Crippen LogP contribution < -0.4 is 0 Å². The number of hydrogen-bond acceptors (Lipinski definition) is 1. The molecule has 0 unspecified atom stereocenters. The number of benzene rings is 2. The Kier molecular flexibility index (Phi) is 4.64. The smallest absolute Gasteiger partial charge is 0.0812 e. The quantitative estimate of drug-likeness (QED) is 0.777. The minimum Gasteiger partial charge on any atom is -0.388 e. The SMILES string of the molecule is C=CC(C)(C)C(O)(Cc1ccccc1)Cc1ccccc1. The summed E-state index contributed by atoms with van der Waals surface area (Å²) in [7, 11) is 0. The van der Waals surface area contributed by atoms with Crippen molar-refractivity contribution in [3.05, 3.63) is 84.4 Å². The van der Waals surface area contributed by atoms with E-state index in [1.807, 2.05) is 56.3 Å². The number of aliphatic hydroxyl groups is 1. The second kappa shape index (κ2) is 6.28. The summed E-state index contributed by atoms with van der Waals surface area (Å²) in [4.78, 5) is 0. The highest BCUT2D eigenvalue weighted by Crippen LogP contribution is 2.37. The molecule has 1 N–H and O–H groups in total. The van der Waals surface area contributed by atoms with Crippen LogP contribution in [0.15, 0.2) is 73.3 Å². The first kappa shape index (κ1) is 15.5. The van der Waals surface area contributed by atoms with E-state index in [0.29, 0.717) is 12.8 Å². The Balaban J connectivity index is 2.33. The predicted molar refractivity (Wildman–Crippen MR) is 89.2 cm³/mol. The van der Waals surface area contributed by atoms with Gasteiger partial charge in [-0.3, -0.25) is 0 Å². The standard InChI is InChI=1S/C20H24O/c1-4-19(2,3)20(21,15-17-11-7-5-8-12-17)16-18-13-9-6-10-14-18/h4-14,21H,1,15-16H2,2-3H3. The largest absolute Gasteiger partial charge is 0.388 e. The van der Waals surface area contributed by atoms with E-state index in [9.17, 15) is 5.11 Å². The molecular weight excluding hydrogens is 256 g/mol. The molecule has 1 heteroatoms. The topological polar surface area (TPSA) is 20.2 Å². The Labute approximate surface area is 128 Å². The molecule has 21 heavy (non-hydrogen) atoms. The van der Waals surface area contributed by atoms with Gasteiger partial charge in [0.2, 0.25) is 0 Å². The Bertz CT molecular complexity index is 528. The zero-order chi connectivity index (χ0) is 15.3. The van der Waals surface area contributed by atoms with Gasteiger partial charge in [-0.1, -0.05) is 80.6 Å². The fourth-order valence-corrected chi connectivity index (χ4v) is 2.58. The van der Waals surface area contributed by atoms with Crippen LogP contribution in [0.5, 0.6) is 0 Å². The molecule has 0 bridgehead atoms. The Morgan fingerprint density at radius 3 is 1.57 bits per heavy atom. The average Bonchev–Trinajstić information content (AvgIpc) is 2.49. The van der Waals surface area contributed by atoms with E-state index in [1.54, 1.807) is 0 Å². The summed E-state index contributed by atoms with van der Waals surface area (Å²) in [6, 6.07) is 20.3. The molecule has 1 nitrogen and oxygen atoms in total. The highest BCUT2D eigenvalue weighted by molar-refractivity contribution is 5.24. The van der Waals surface area contributed by atoms with Crippen molar-refractivity contribution in [1.82, 2.24) is 0 Å². The van der Waals surface area contributed by atoms with Gasteiger partial charge in [-0.05, 0) is 11.1 Å². The van der Waals surface area contributed by atoms with Crippen LogP contribution in [0.4, 0.5) is 0 Å². The van der Waals surface area contributed by atoms with E-state index in [4.69, 9.17) is 0 Å². The maximum atomic E-state index is 11.4. The summed E-state index contributed by atoms with van der Waals surface area (Å²) in [6.45, 7) is 8.02. The fraction of sp³-hybridized carbons (Fsp3) is 0.300. The fourth-order valence-electron chi connectivity index (χ4n) is 2.58. The van der Waals surface area contributed by atoms with Crippen molar-refractivity contribution < 1.29 is 5.11 Å². The zero-order valence-corrected chi connectivity index (χ0v) is 12.9. The van der Waals surface area contributed by atoms with Gasteiger partial charge in [0, 0.05) is 18.3 Å². The Morgan fingerprint density at radius 1 is 0.857 bits per heavy atom. The van der Waals surface area contributed by atoms with Gasteiger partial charge in [0.25, 0.3) is 0 Å². The van der Waals surface area contributed by atoms with Crippen LogP contribution >= 0.6 is 0 Å². The molecule has 110 valence electrons. The molecule has 0 saturated heterocycles. The third-order valence-corrected chi connectivity index (χ3v) is 4.39. The molecule has 0 aliphatic carbocycles. The summed E-state index contributed by atoms with van der Waals surface area (Å²) in [6.07, 6.45) is 3.09. The molecule has 2 rings (SSSR count). The van der Waals surface area contributed by atoms with Crippen LogP contribution in [0, 0.1) is 5.41 Å². The van der Waals surface area contributed by atoms with Gasteiger partial charge >= 0.3 is 0 Å². The van der Waals surface area contributed by atoms with E-state index >= 15 is 0 Å². The van der Waals surface area contributed by atoms with Gasteiger partial charge in [0.1, 0.15) is 0 Å². The lowest BCUT2D eigenvalue weighted by atomic mass is 9.69. The van der Waals surface area contributed by atoms with Gasteiger partial charge in [0.05, 0.1) is 5.60 Å². The third-order valence-electron chi connectivity index (χ3n) is 4.39. The second-order valence-electron chi connectivity index (χ2n) is 6.28. The third kappa shape index (κ3) is 3.62. The van der Waals surface area contributed by atoms with E-state index in [0.717, 1.165) is 11.1 Å². The molecule has 2 aromatic rings. The summed E-state index contributed by atoms with van der Waals surface area (Å²) < 4.78 is 0. The highest BCUT2D eigenvalue weighted by atomic mass is 16.3. The van der Waals surface area contributed by atoms with Crippen LogP contribution in [0.3, 0.4) is 0 Å². The maximum Gasteiger partial charge on any atom is 0.0812 e. The van der Waals surface area contributed by atoms with Gasteiger partial charge in [0.15, 0.2) is 0 Å². The van der Waals surface area contributed by atoms with Crippen molar-refractivity contribution in [2.75, 3.05) is 0 Å². The van der Waals surface area contributed by atoms with Crippen LogP contribution in [0.2, 0.25) is 0 Å². The van der Waals surface area contributed by atoms with Crippen molar-refractivity contribution in [2.45, 2.75) is 32.3 Å². The maximum absolute atomic E-state index is 11.4. The zero-order valence-electron chi connectivity index (χ0n) is 12.9. The first-order chi connectivity index (χ1) is 9.97. The van der Waals surface area contributed by atoms with E-state index in [-0.39, 0.29) is 5.41 Å². The monoisotopic (exact) mass is 280 g/mol. The molecule has 2 aromatic carbocycles. The lowest BCUT2D eigenvalue weighted by molar-refractivity contribution is -0.0416. The lowest BCUT2D eigenvalue weighted by Gasteiger charge is -2.41. The van der Waals surface area contributed by atoms with Crippen LogP contribution in [-0.4, -0.2) is 10.7 Å². The van der Waals surface area contributed by atoms with E-state index < -0.39 is 5.60 Å². The minimum atomic E-state index is -0.864. The van der Waals surface area contributed by atoms with Crippen molar-refractivity contribution in [2.24, 2.45) is 5.41 Å². The Morgan fingerprint density at radius 2 is 1.24 bits per heavy atom. The molecule has 0 spiro atoms. The first-order valence-corrected chi connectivity index (χ1v) is 7.41. The first-order valence-electron chi connectivity index (χ1n) is 7.41. The summed E-state index contributed by atoms with van der Waals surface area (Å²) in [5.74, 6) is 0. The summed E-state index contributed by atoms with van der Waals surface area (Å²) in [5.41, 5.74) is 1.05. The van der Waals surface area contributed by atoms with Gasteiger partial charge in [-0.25, -0.2) is 0 Å². The highest BCUT2D eigenvalue weighted by Gasteiger charge is 2.41.